The average Bonchev–Trinajstić information content (AvgIpc) is 2.52. The number of halogens is 1. The summed E-state index contributed by atoms with van der Waals surface area (Å²) in [5.74, 6) is -0.685. The van der Waals surface area contributed by atoms with Gasteiger partial charge in [-0.3, -0.25) is 20.3 Å². The summed E-state index contributed by atoms with van der Waals surface area (Å²) in [6.45, 7) is 0. The van der Waals surface area contributed by atoms with Gasteiger partial charge in [0, 0.05) is 28.4 Å². The van der Waals surface area contributed by atoms with Gasteiger partial charge >= 0.3 is 6.03 Å². The lowest BCUT2D eigenvalue weighted by Crippen LogP contribution is -2.43. The molecule has 8 nitrogen and oxygen atoms in total. The lowest BCUT2D eigenvalue weighted by atomic mass is 10.2. The molecule has 0 aliphatic heterocycles. The number of carbonyl (C=O) groups excluding carboxylic acids is 2. The number of carbonyl (C=O) groups is 2. The van der Waals surface area contributed by atoms with Crippen LogP contribution in [0.25, 0.3) is 0 Å². The van der Waals surface area contributed by atoms with E-state index in [1.165, 1.54) is 24.3 Å². The maximum absolute atomic E-state index is 11.8. The Morgan fingerprint density at radius 3 is 2.48 bits per heavy atom. The minimum atomic E-state index is -0.689. The number of hydrogen-bond acceptors (Lipinski definition) is 4. The van der Waals surface area contributed by atoms with Crippen LogP contribution in [0, 0.1) is 10.1 Å². The quantitative estimate of drug-likeness (QED) is 0.591. The third-order valence-electron chi connectivity index (χ3n) is 2.69. The second kappa shape index (κ2) is 7.23. The van der Waals surface area contributed by atoms with Crippen molar-refractivity contribution < 1.29 is 14.5 Å². The van der Waals surface area contributed by atoms with E-state index >= 15 is 0 Å². The van der Waals surface area contributed by atoms with Crippen molar-refractivity contribution in [1.29, 1.82) is 0 Å². The maximum Gasteiger partial charge on any atom is 0.337 e. The molecule has 0 saturated carbocycles. The number of benzene rings is 2. The largest absolute Gasteiger partial charge is 0.337 e. The molecule has 0 bridgehead atoms. The van der Waals surface area contributed by atoms with Crippen molar-refractivity contribution >= 4 is 34.9 Å². The molecule has 0 atom stereocenters. The third kappa shape index (κ3) is 4.68. The molecule has 2 rings (SSSR count). The molecule has 23 heavy (non-hydrogen) atoms. The number of anilines is 1. The van der Waals surface area contributed by atoms with Crippen LogP contribution in [0.5, 0.6) is 0 Å². The molecule has 0 unspecified atom stereocenters. The van der Waals surface area contributed by atoms with E-state index in [9.17, 15) is 19.7 Å². The van der Waals surface area contributed by atoms with Crippen LogP contribution in [0.1, 0.15) is 10.4 Å². The number of nitrogens with zero attached hydrogens (tertiary/aromatic N) is 1. The molecule has 0 fully saturated rings. The van der Waals surface area contributed by atoms with E-state index in [1.807, 2.05) is 0 Å². The monoisotopic (exact) mass is 334 g/mol. The summed E-state index contributed by atoms with van der Waals surface area (Å²) in [6, 6.07) is 10.9. The van der Waals surface area contributed by atoms with Gasteiger partial charge in [0.2, 0.25) is 0 Å². The molecule has 118 valence electrons. The van der Waals surface area contributed by atoms with Gasteiger partial charge in [0.05, 0.1) is 4.92 Å². The number of non-ortho nitro benzene ring substituents is 1. The van der Waals surface area contributed by atoms with Crippen molar-refractivity contribution in [3.8, 4) is 0 Å². The van der Waals surface area contributed by atoms with E-state index in [2.05, 4.69) is 16.2 Å². The number of nitro groups is 1. The van der Waals surface area contributed by atoms with Gasteiger partial charge in [-0.25, -0.2) is 10.2 Å². The Hall–Kier alpha value is -3.13. The molecule has 0 saturated heterocycles. The van der Waals surface area contributed by atoms with Gasteiger partial charge in [-0.05, 0) is 24.3 Å². The van der Waals surface area contributed by atoms with Crippen LogP contribution in [0.2, 0.25) is 5.02 Å². The lowest BCUT2D eigenvalue weighted by Gasteiger charge is -2.09. The molecule has 0 heterocycles. The van der Waals surface area contributed by atoms with Crippen molar-refractivity contribution in [3.63, 3.8) is 0 Å². The van der Waals surface area contributed by atoms with E-state index in [0.29, 0.717) is 10.7 Å². The highest BCUT2D eigenvalue weighted by molar-refractivity contribution is 6.30. The summed E-state index contributed by atoms with van der Waals surface area (Å²) in [5, 5.41) is 13.6. The van der Waals surface area contributed by atoms with Gasteiger partial charge in [0.15, 0.2) is 0 Å². The first-order valence-corrected chi connectivity index (χ1v) is 6.71. The van der Waals surface area contributed by atoms with Gasteiger partial charge in [0.1, 0.15) is 0 Å². The molecular weight excluding hydrogens is 324 g/mol. The van der Waals surface area contributed by atoms with E-state index in [0.717, 1.165) is 6.07 Å². The summed E-state index contributed by atoms with van der Waals surface area (Å²) in [5.41, 5.74) is 4.54. The summed E-state index contributed by atoms with van der Waals surface area (Å²) in [7, 11) is 0. The molecule has 0 spiro atoms. The topological polar surface area (TPSA) is 113 Å². The molecule has 3 amide bonds. The normalized spacial score (nSPS) is 9.78. The summed E-state index contributed by atoms with van der Waals surface area (Å²) in [6.07, 6.45) is 0. The van der Waals surface area contributed by atoms with Crippen LogP contribution in [-0.4, -0.2) is 16.9 Å². The van der Waals surface area contributed by atoms with Gasteiger partial charge in [-0.1, -0.05) is 23.7 Å². The standard InChI is InChI=1S/C14H11ClN4O4/c15-10-4-2-5-11(8-10)16-14(21)18-17-13(20)9-3-1-6-12(7-9)19(22)23/h1-8H,(H,17,20)(H2,16,18,21). The fourth-order valence-electron chi connectivity index (χ4n) is 1.67. The molecule has 0 radical (unpaired) electrons. The zero-order valence-electron chi connectivity index (χ0n) is 11.6. The number of nitrogens with one attached hydrogen (secondary N) is 3. The minimum absolute atomic E-state index is 0.0438. The molecule has 3 N–H and O–H groups in total. The zero-order chi connectivity index (χ0) is 16.8. The number of nitro benzene ring substituents is 1. The van der Waals surface area contributed by atoms with Crippen LogP contribution in [0.15, 0.2) is 48.5 Å². The van der Waals surface area contributed by atoms with E-state index in [1.54, 1.807) is 18.2 Å². The SMILES string of the molecule is O=C(NNC(=O)c1cccc([N+](=O)[O-])c1)Nc1cccc(Cl)c1. The fraction of sp³-hybridized carbons (Fsp3) is 0. The van der Waals surface area contributed by atoms with E-state index in [4.69, 9.17) is 11.6 Å². The molecule has 0 aliphatic carbocycles. The van der Waals surface area contributed by atoms with Crippen molar-refractivity contribution in [1.82, 2.24) is 10.9 Å². The van der Waals surface area contributed by atoms with Gasteiger partial charge in [-0.15, -0.1) is 0 Å². The Bertz CT molecular complexity index is 766. The molecule has 9 heteroatoms. The predicted molar refractivity (Wildman–Crippen MR) is 84.2 cm³/mol. The Labute approximate surface area is 135 Å². The van der Waals surface area contributed by atoms with Crippen LogP contribution < -0.4 is 16.2 Å². The van der Waals surface area contributed by atoms with Crippen molar-refractivity contribution in [3.05, 3.63) is 69.2 Å². The molecule has 0 aromatic heterocycles. The molecular formula is C14H11ClN4O4. The van der Waals surface area contributed by atoms with E-state index in [-0.39, 0.29) is 11.3 Å². The summed E-state index contributed by atoms with van der Waals surface area (Å²) >= 11 is 5.78. The smallest absolute Gasteiger partial charge is 0.307 e. The van der Waals surface area contributed by atoms with Crippen molar-refractivity contribution in [2.45, 2.75) is 0 Å². The second-order valence-corrected chi connectivity index (χ2v) is 4.79. The van der Waals surface area contributed by atoms with Crippen molar-refractivity contribution in [2.75, 3.05) is 5.32 Å². The summed E-state index contributed by atoms with van der Waals surface area (Å²) in [4.78, 5) is 33.5. The Morgan fingerprint density at radius 1 is 1.04 bits per heavy atom. The van der Waals surface area contributed by atoms with Crippen LogP contribution in [0.4, 0.5) is 16.2 Å². The van der Waals surface area contributed by atoms with Crippen LogP contribution in [-0.2, 0) is 0 Å². The number of hydrogen-bond donors (Lipinski definition) is 3. The molecule has 2 aromatic rings. The van der Waals surface area contributed by atoms with Crippen LogP contribution in [0.3, 0.4) is 0 Å². The van der Waals surface area contributed by atoms with Gasteiger partial charge in [-0.2, -0.15) is 0 Å². The number of hydrazine groups is 1. The number of rotatable bonds is 3. The molecule has 2 aromatic carbocycles. The first-order valence-electron chi connectivity index (χ1n) is 6.33. The Balaban J connectivity index is 1.92. The number of urea groups is 1. The maximum atomic E-state index is 11.8. The highest BCUT2D eigenvalue weighted by Crippen LogP contribution is 2.14. The van der Waals surface area contributed by atoms with Crippen LogP contribution >= 0.6 is 11.6 Å². The zero-order valence-corrected chi connectivity index (χ0v) is 12.3. The predicted octanol–water partition coefficient (Wildman–Crippen LogP) is 2.71. The van der Waals surface area contributed by atoms with E-state index < -0.39 is 16.9 Å². The lowest BCUT2D eigenvalue weighted by molar-refractivity contribution is -0.384. The van der Waals surface area contributed by atoms with Gasteiger partial charge < -0.3 is 5.32 Å². The molecule has 0 aliphatic rings. The fourth-order valence-corrected chi connectivity index (χ4v) is 1.87. The Kier molecular flexibility index (Phi) is 5.11. The summed E-state index contributed by atoms with van der Waals surface area (Å²) < 4.78 is 0. The minimum Gasteiger partial charge on any atom is -0.307 e. The average molecular weight is 335 g/mol. The second-order valence-electron chi connectivity index (χ2n) is 4.35. The first-order chi connectivity index (χ1) is 11.0. The van der Waals surface area contributed by atoms with Crippen molar-refractivity contribution in [2.24, 2.45) is 0 Å². The number of amides is 3. The Morgan fingerprint density at radius 2 is 1.78 bits per heavy atom. The first kappa shape index (κ1) is 16.2. The van der Waals surface area contributed by atoms with Gasteiger partial charge in [0.25, 0.3) is 11.6 Å². The third-order valence-corrected chi connectivity index (χ3v) is 2.93. The highest BCUT2D eigenvalue weighted by atomic mass is 35.5. The highest BCUT2D eigenvalue weighted by Gasteiger charge is 2.12.